The molecule has 0 aliphatic carbocycles. The van der Waals surface area contributed by atoms with Gasteiger partial charge in [-0.1, -0.05) is 46.0 Å². The van der Waals surface area contributed by atoms with Crippen molar-refractivity contribution in [1.82, 2.24) is 0 Å². The number of pyridine rings is 1. The molecule has 0 bridgehead atoms. The van der Waals surface area contributed by atoms with Gasteiger partial charge in [-0.15, -0.1) is 0 Å². The molecule has 2 heteroatoms. The molecular weight excluding hydrogens is 254 g/mol. The zero-order valence-corrected chi connectivity index (χ0v) is 13.5. The first-order chi connectivity index (χ1) is 8.86. The lowest BCUT2D eigenvalue weighted by Gasteiger charge is -2.01. The number of hydrogen-bond acceptors (Lipinski definition) is 0. The summed E-state index contributed by atoms with van der Waals surface area (Å²) in [6.45, 7) is 5.71. The normalized spacial score (nSPS) is 10.2. The van der Waals surface area contributed by atoms with Crippen molar-refractivity contribution < 1.29 is 17.0 Å². The molecule has 0 unspecified atom stereocenters. The molecule has 0 atom stereocenters. The van der Waals surface area contributed by atoms with Gasteiger partial charge in [0.1, 0.15) is 6.54 Å². The van der Waals surface area contributed by atoms with Crippen LogP contribution in [0.5, 0.6) is 0 Å². The smallest absolute Gasteiger partial charge is 0.169 e. The number of rotatable bonds is 10. The van der Waals surface area contributed by atoms with Gasteiger partial charge in [-0.25, -0.2) is 4.57 Å². The molecule has 0 N–H and O–H groups in total. The number of nitrogens with zero attached hydrogens (tertiary/aromatic N) is 1. The van der Waals surface area contributed by atoms with Crippen molar-refractivity contribution in [3.05, 3.63) is 30.1 Å². The first-order valence-corrected chi connectivity index (χ1v) is 7.84. The lowest BCUT2D eigenvalue weighted by atomic mass is 10.1. The van der Waals surface area contributed by atoms with E-state index in [0.29, 0.717) is 0 Å². The Bertz CT molecular complexity index is 295. The van der Waals surface area contributed by atoms with Gasteiger partial charge in [0.15, 0.2) is 12.4 Å². The molecule has 0 fully saturated rings. The number of unbranched alkanes of at least 4 members (excludes halogenated alkanes) is 6. The molecule has 0 aliphatic rings. The van der Waals surface area contributed by atoms with Crippen molar-refractivity contribution >= 4 is 0 Å². The maximum absolute atomic E-state index is 2.33. The highest BCUT2D eigenvalue weighted by atomic mass is 35.5. The molecule has 1 rings (SSSR count). The van der Waals surface area contributed by atoms with E-state index in [1.54, 1.807) is 0 Å². The fraction of sp³-hybridized carbons (Fsp3) is 0.706. The standard InChI is InChI=1S/C17H30N.ClH/c1-3-5-7-8-9-10-14-18-15-12-17(13-16-18)11-6-4-2;/h12-13,15-16H,3-11,14H2,1-2H3;1H/q+1;/p-1. The van der Waals surface area contributed by atoms with Crippen LogP contribution in [0.15, 0.2) is 24.5 Å². The van der Waals surface area contributed by atoms with Crippen LogP contribution in [0, 0.1) is 0 Å². The molecule has 1 heterocycles. The maximum Gasteiger partial charge on any atom is 0.169 e. The summed E-state index contributed by atoms with van der Waals surface area (Å²) in [5.74, 6) is 0. The Morgan fingerprint density at radius 3 is 2.00 bits per heavy atom. The Morgan fingerprint density at radius 2 is 1.37 bits per heavy atom. The van der Waals surface area contributed by atoms with Crippen molar-refractivity contribution in [3.63, 3.8) is 0 Å². The highest BCUT2D eigenvalue weighted by Crippen LogP contribution is 2.05. The topological polar surface area (TPSA) is 3.88 Å². The van der Waals surface area contributed by atoms with Crippen molar-refractivity contribution in [1.29, 1.82) is 0 Å². The van der Waals surface area contributed by atoms with Gasteiger partial charge in [-0.3, -0.25) is 0 Å². The van der Waals surface area contributed by atoms with Crippen LogP contribution in [0.1, 0.15) is 70.8 Å². The van der Waals surface area contributed by atoms with E-state index >= 15 is 0 Å². The third-order valence-electron chi connectivity index (χ3n) is 3.55. The molecule has 1 nitrogen and oxygen atoms in total. The van der Waals surface area contributed by atoms with Crippen molar-refractivity contribution in [2.45, 2.75) is 78.2 Å². The van der Waals surface area contributed by atoms with Gasteiger partial charge in [0.25, 0.3) is 0 Å². The highest BCUT2D eigenvalue weighted by Gasteiger charge is 2.00. The van der Waals surface area contributed by atoms with Gasteiger partial charge < -0.3 is 12.4 Å². The van der Waals surface area contributed by atoms with Crippen LogP contribution in [-0.2, 0) is 13.0 Å². The van der Waals surface area contributed by atoms with Crippen LogP contribution >= 0.6 is 0 Å². The van der Waals surface area contributed by atoms with E-state index in [4.69, 9.17) is 0 Å². The van der Waals surface area contributed by atoms with Gasteiger partial charge >= 0.3 is 0 Å². The summed E-state index contributed by atoms with van der Waals surface area (Å²) in [5, 5.41) is 0. The van der Waals surface area contributed by atoms with E-state index in [2.05, 4.69) is 42.9 Å². The molecule has 110 valence electrons. The molecule has 1 aromatic heterocycles. The van der Waals surface area contributed by atoms with E-state index < -0.39 is 0 Å². The molecular formula is C17H30ClN. The average Bonchev–Trinajstić information content (AvgIpc) is 2.42. The van der Waals surface area contributed by atoms with Gasteiger partial charge in [0.2, 0.25) is 0 Å². The van der Waals surface area contributed by atoms with E-state index in [1.165, 1.54) is 69.9 Å². The van der Waals surface area contributed by atoms with Gasteiger partial charge in [0, 0.05) is 18.6 Å². The van der Waals surface area contributed by atoms with Crippen LogP contribution in [0.4, 0.5) is 0 Å². The summed E-state index contributed by atoms with van der Waals surface area (Å²) in [6, 6.07) is 4.57. The summed E-state index contributed by atoms with van der Waals surface area (Å²) in [7, 11) is 0. The SMILES string of the molecule is CCCCCCCC[n+]1ccc(CCCC)cc1.[Cl-]. The second-order valence-electron chi connectivity index (χ2n) is 5.32. The number of aryl methyl sites for hydroxylation is 2. The van der Waals surface area contributed by atoms with Gasteiger partial charge in [-0.05, 0) is 24.8 Å². The molecule has 0 radical (unpaired) electrons. The van der Waals surface area contributed by atoms with Crippen molar-refractivity contribution in [2.75, 3.05) is 0 Å². The second kappa shape index (κ2) is 12.5. The summed E-state index contributed by atoms with van der Waals surface area (Å²) in [6.07, 6.45) is 16.6. The molecule has 0 aromatic carbocycles. The zero-order valence-electron chi connectivity index (χ0n) is 12.7. The first-order valence-electron chi connectivity index (χ1n) is 7.84. The number of halogens is 1. The van der Waals surface area contributed by atoms with E-state index in [-0.39, 0.29) is 12.4 Å². The summed E-state index contributed by atoms with van der Waals surface area (Å²) in [5.41, 5.74) is 1.48. The minimum absolute atomic E-state index is 0. The zero-order chi connectivity index (χ0) is 13.1. The molecule has 0 saturated carbocycles. The Hall–Kier alpha value is -0.560. The van der Waals surface area contributed by atoms with Crippen LogP contribution in [0.2, 0.25) is 0 Å². The lowest BCUT2D eigenvalue weighted by molar-refractivity contribution is -0.697. The summed E-state index contributed by atoms with van der Waals surface area (Å²) < 4.78 is 2.33. The Labute approximate surface area is 125 Å². The third kappa shape index (κ3) is 9.04. The molecule has 0 aliphatic heterocycles. The Balaban J connectivity index is 0.00000324. The van der Waals surface area contributed by atoms with Crippen LogP contribution in [0.3, 0.4) is 0 Å². The van der Waals surface area contributed by atoms with E-state index in [9.17, 15) is 0 Å². The van der Waals surface area contributed by atoms with E-state index in [1.807, 2.05) is 0 Å². The largest absolute Gasteiger partial charge is 1.00 e. The molecule has 0 amide bonds. The van der Waals surface area contributed by atoms with Crippen molar-refractivity contribution in [3.8, 4) is 0 Å². The third-order valence-corrected chi connectivity index (χ3v) is 3.55. The molecule has 1 aromatic rings. The summed E-state index contributed by atoms with van der Waals surface area (Å²) >= 11 is 0. The minimum atomic E-state index is 0. The minimum Gasteiger partial charge on any atom is -1.00 e. The van der Waals surface area contributed by atoms with E-state index in [0.717, 1.165) is 0 Å². The van der Waals surface area contributed by atoms with Crippen molar-refractivity contribution in [2.24, 2.45) is 0 Å². The predicted molar refractivity (Wildman–Crippen MR) is 78.6 cm³/mol. The predicted octanol–water partition coefficient (Wildman–Crippen LogP) is 1.68. The first kappa shape index (κ1) is 18.4. The fourth-order valence-corrected chi connectivity index (χ4v) is 2.26. The average molecular weight is 284 g/mol. The van der Waals surface area contributed by atoms with Gasteiger partial charge in [-0.2, -0.15) is 0 Å². The number of hydrogen-bond donors (Lipinski definition) is 0. The highest BCUT2D eigenvalue weighted by molar-refractivity contribution is 5.06. The molecule has 0 spiro atoms. The maximum atomic E-state index is 2.33. The van der Waals surface area contributed by atoms with Crippen LogP contribution < -0.4 is 17.0 Å². The Kier molecular flexibility index (Phi) is 12.1. The van der Waals surface area contributed by atoms with Crippen LogP contribution in [-0.4, -0.2) is 0 Å². The fourth-order valence-electron chi connectivity index (χ4n) is 2.26. The molecule has 19 heavy (non-hydrogen) atoms. The second-order valence-corrected chi connectivity index (χ2v) is 5.32. The number of aromatic nitrogens is 1. The lowest BCUT2D eigenvalue weighted by Crippen LogP contribution is -3.00. The monoisotopic (exact) mass is 283 g/mol. The van der Waals surface area contributed by atoms with Crippen LogP contribution in [0.25, 0.3) is 0 Å². The molecule has 0 saturated heterocycles. The van der Waals surface area contributed by atoms with Gasteiger partial charge in [0.05, 0.1) is 0 Å². The summed E-state index contributed by atoms with van der Waals surface area (Å²) in [4.78, 5) is 0. The Morgan fingerprint density at radius 1 is 0.789 bits per heavy atom. The quantitative estimate of drug-likeness (QED) is 0.454.